The molecule has 2 atom stereocenters. The van der Waals surface area contributed by atoms with Gasteiger partial charge in [0.15, 0.2) is 0 Å². The van der Waals surface area contributed by atoms with Crippen LogP contribution in [0.25, 0.3) is 0 Å². The summed E-state index contributed by atoms with van der Waals surface area (Å²) in [5.41, 5.74) is 3.02. The summed E-state index contributed by atoms with van der Waals surface area (Å²) < 4.78 is 0. The van der Waals surface area contributed by atoms with E-state index in [-0.39, 0.29) is 12.1 Å². The second kappa shape index (κ2) is 5.44. The minimum absolute atomic E-state index is 0.0908. The van der Waals surface area contributed by atoms with Gasteiger partial charge in [0.05, 0.1) is 23.5 Å². The van der Waals surface area contributed by atoms with E-state index in [1.165, 1.54) is 5.56 Å². The van der Waals surface area contributed by atoms with Crippen molar-refractivity contribution in [3.05, 3.63) is 59.1 Å². The maximum absolute atomic E-state index is 9.29. The van der Waals surface area contributed by atoms with E-state index >= 15 is 0 Å². The van der Waals surface area contributed by atoms with E-state index < -0.39 is 0 Å². The Bertz CT molecular complexity index is 649. The average Bonchev–Trinajstić information content (AvgIpc) is 2.67. The van der Waals surface area contributed by atoms with Gasteiger partial charge in [0.1, 0.15) is 6.04 Å². The Hall–Kier alpha value is -2.18. The lowest BCUT2D eigenvalue weighted by atomic mass is 10.0. The average molecular weight is 284 g/mol. The lowest BCUT2D eigenvalue weighted by molar-refractivity contribution is 0.675. The first-order chi connectivity index (χ1) is 9.76. The number of nitrogens with zero attached hydrogens (tertiary/aromatic N) is 1. The summed E-state index contributed by atoms with van der Waals surface area (Å²) >= 11 is 6.06. The lowest BCUT2D eigenvalue weighted by Gasteiger charge is -2.18. The first kappa shape index (κ1) is 12.8. The summed E-state index contributed by atoms with van der Waals surface area (Å²) in [5, 5.41) is 16.7. The fraction of sp³-hybridized carbons (Fsp3) is 0.188. The Morgan fingerprint density at radius 3 is 2.60 bits per heavy atom. The molecule has 0 radical (unpaired) electrons. The molecule has 2 aromatic rings. The molecule has 2 N–H and O–H groups in total. The van der Waals surface area contributed by atoms with Crippen molar-refractivity contribution in [1.82, 2.24) is 0 Å². The molecule has 2 aromatic carbocycles. The number of rotatable bonds is 1. The third kappa shape index (κ3) is 2.56. The standard InChI is InChI=1S/C16H14ClN3/c17-12-6-7-14-16(8-12)20-15(9-13(10-18)19-14)11-4-2-1-3-5-11/h1-8,13,15,19-20H,9H2/t13-,15-/m0/s1. The second-order valence-corrected chi connectivity index (χ2v) is 5.30. The summed E-state index contributed by atoms with van der Waals surface area (Å²) in [5.74, 6) is 0. The highest BCUT2D eigenvalue weighted by atomic mass is 35.5. The van der Waals surface area contributed by atoms with Crippen LogP contribution in [-0.4, -0.2) is 6.04 Å². The van der Waals surface area contributed by atoms with Gasteiger partial charge in [-0.1, -0.05) is 41.9 Å². The molecule has 0 unspecified atom stereocenters. The van der Waals surface area contributed by atoms with Crippen LogP contribution in [0.3, 0.4) is 0 Å². The molecular weight excluding hydrogens is 270 g/mol. The smallest absolute Gasteiger partial charge is 0.116 e. The van der Waals surface area contributed by atoms with Crippen LogP contribution in [0, 0.1) is 11.3 Å². The van der Waals surface area contributed by atoms with E-state index in [1.54, 1.807) is 0 Å². The van der Waals surface area contributed by atoms with Crippen molar-refractivity contribution < 1.29 is 0 Å². The maximum atomic E-state index is 9.29. The highest BCUT2D eigenvalue weighted by Gasteiger charge is 2.23. The van der Waals surface area contributed by atoms with E-state index in [1.807, 2.05) is 36.4 Å². The predicted molar refractivity (Wildman–Crippen MR) is 81.9 cm³/mol. The molecule has 0 aromatic heterocycles. The number of hydrogen-bond acceptors (Lipinski definition) is 3. The third-order valence-corrected chi connectivity index (χ3v) is 3.71. The lowest BCUT2D eigenvalue weighted by Crippen LogP contribution is -2.19. The number of benzene rings is 2. The van der Waals surface area contributed by atoms with Crippen LogP contribution in [0.4, 0.5) is 11.4 Å². The van der Waals surface area contributed by atoms with Crippen LogP contribution >= 0.6 is 11.6 Å². The van der Waals surface area contributed by atoms with Gasteiger partial charge in [-0.2, -0.15) is 5.26 Å². The molecule has 0 bridgehead atoms. The number of fused-ring (bicyclic) bond motifs is 1. The molecule has 1 aliphatic rings. The molecule has 1 aliphatic heterocycles. The van der Waals surface area contributed by atoms with Gasteiger partial charge >= 0.3 is 0 Å². The first-order valence-corrected chi connectivity index (χ1v) is 6.91. The molecule has 0 aliphatic carbocycles. The van der Waals surface area contributed by atoms with Gasteiger partial charge < -0.3 is 10.6 Å². The van der Waals surface area contributed by atoms with Gasteiger partial charge in [-0.25, -0.2) is 0 Å². The normalized spacial score (nSPS) is 20.8. The Labute approximate surface area is 123 Å². The zero-order valence-electron chi connectivity index (χ0n) is 10.8. The minimum Gasteiger partial charge on any atom is -0.376 e. The van der Waals surface area contributed by atoms with Crippen molar-refractivity contribution in [3.63, 3.8) is 0 Å². The van der Waals surface area contributed by atoms with Crippen molar-refractivity contribution in [3.8, 4) is 6.07 Å². The van der Waals surface area contributed by atoms with Crippen LogP contribution in [-0.2, 0) is 0 Å². The quantitative estimate of drug-likeness (QED) is 0.824. The van der Waals surface area contributed by atoms with E-state index in [0.717, 1.165) is 11.4 Å². The van der Waals surface area contributed by atoms with Crippen LogP contribution in [0.2, 0.25) is 5.02 Å². The molecule has 0 saturated carbocycles. The molecule has 3 rings (SSSR count). The Balaban J connectivity index is 2.00. The predicted octanol–water partition coefficient (Wildman–Crippen LogP) is 4.20. The molecule has 0 amide bonds. The van der Waals surface area contributed by atoms with Crippen LogP contribution in [0.1, 0.15) is 18.0 Å². The molecular formula is C16H14ClN3. The Kier molecular flexibility index (Phi) is 3.49. The largest absolute Gasteiger partial charge is 0.376 e. The number of halogens is 1. The molecule has 3 nitrogen and oxygen atoms in total. The van der Waals surface area contributed by atoms with Crippen molar-refractivity contribution >= 4 is 23.0 Å². The molecule has 20 heavy (non-hydrogen) atoms. The summed E-state index contributed by atoms with van der Waals surface area (Å²) in [7, 11) is 0. The molecule has 0 spiro atoms. The summed E-state index contributed by atoms with van der Waals surface area (Å²) in [6.45, 7) is 0. The number of nitrogens with one attached hydrogen (secondary N) is 2. The van der Waals surface area contributed by atoms with Crippen molar-refractivity contribution in [2.75, 3.05) is 10.6 Å². The van der Waals surface area contributed by atoms with Crippen LogP contribution < -0.4 is 10.6 Å². The van der Waals surface area contributed by atoms with E-state index in [9.17, 15) is 5.26 Å². The zero-order chi connectivity index (χ0) is 13.9. The van der Waals surface area contributed by atoms with Gasteiger partial charge in [-0.3, -0.25) is 0 Å². The summed E-state index contributed by atoms with van der Waals surface area (Å²) in [6, 6.07) is 18.0. The molecule has 1 heterocycles. The van der Waals surface area contributed by atoms with Gasteiger partial charge in [0.25, 0.3) is 0 Å². The minimum atomic E-state index is -0.227. The van der Waals surface area contributed by atoms with Gasteiger partial charge in [0, 0.05) is 11.4 Å². The second-order valence-electron chi connectivity index (χ2n) is 4.86. The van der Waals surface area contributed by atoms with Gasteiger partial charge in [0.2, 0.25) is 0 Å². The zero-order valence-corrected chi connectivity index (χ0v) is 11.6. The van der Waals surface area contributed by atoms with Crippen LogP contribution in [0.15, 0.2) is 48.5 Å². The number of hydrogen-bond donors (Lipinski definition) is 2. The fourth-order valence-electron chi connectivity index (χ4n) is 2.48. The van der Waals surface area contributed by atoms with E-state index in [4.69, 9.17) is 11.6 Å². The topological polar surface area (TPSA) is 47.9 Å². The van der Waals surface area contributed by atoms with Crippen molar-refractivity contribution in [2.45, 2.75) is 18.5 Å². The maximum Gasteiger partial charge on any atom is 0.116 e. The third-order valence-electron chi connectivity index (χ3n) is 3.47. The molecule has 0 fully saturated rings. The Morgan fingerprint density at radius 1 is 1.05 bits per heavy atom. The fourth-order valence-corrected chi connectivity index (χ4v) is 2.65. The Morgan fingerprint density at radius 2 is 1.85 bits per heavy atom. The van der Waals surface area contributed by atoms with Crippen molar-refractivity contribution in [1.29, 1.82) is 5.26 Å². The number of nitriles is 1. The molecule has 0 saturated heterocycles. The summed E-state index contributed by atoms with van der Waals surface area (Å²) in [4.78, 5) is 0. The monoisotopic (exact) mass is 283 g/mol. The molecule has 100 valence electrons. The van der Waals surface area contributed by atoms with E-state index in [0.29, 0.717) is 11.4 Å². The highest BCUT2D eigenvalue weighted by Crippen LogP contribution is 2.35. The first-order valence-electron chi connectivity index (χ1n) is 6.53. The van der Waals surface area contributed by atoms with Crippen LogP contribution in [0.5, 0.6) is 0 Å². The highest BCUT2D eigenvalue weighted by molar-refractivity contribution is 6.31. The summed E-state index contributed by atoms with van der Waals surface area (Å²) in [6.07, 6.45) is 0.701. The molecule has 4 heteroatoms. The van der Waals surface area contributed by atoms with Gasteiger partial charge in [-0.05, 0) is 23.8 Å². The van der Waals surface area contributed by atoms with Gasteiger partial charge in [-0.15, -0.1) is 0 Å². The van der Waals surface area contributed by atoms with Crippen molar-refractivity contribution in [2.24, 2.45) is 0 Å². The van der Waals surface area contributed by atoms with E-state index in [2.05, 4.69) is 28.8 Å². The SMILES string of the molecule is N#C[C@@H]1C[C@@H](c2ccccc2)Nc2cc(Cl)ccc2N1. The number of anilines is 2.